The van der Waals surface area contributed by atoms with Crippen molar-refractivity contribution in [2.24, 2.45) is 5.41 Å². The van der Waals surface area contributed by atoms with Crippen LogP contribution in [0.5, 0.6) is 0 Å². The lowest BCUT2D eigenvalue weighted by Crippen LogP contribution is -2.67. The average molecular weight is 784 g/mol. The lowest BCUT2D eigenvalue weighted by atomic mass is 9.84. The molecule has 0 radical (unpaired) electrons. The molecule has 0 bridgehead atoms. The maximum Gasteiger partial charge on any atom is 0.261 e. The molecule has 1 fully saturated rings. The van der Waals surface area contributed by atoms with Gasteiger partial charge in [-0.3, -0.25) is 4.98 Å². The summed E-state index contributed by atoms with van der Waals surface area (Å²) in [5.41, 5.74) is 5.45. The van der Waals surface area contributed by atoms with Crippen molar-refractivity contribution >= 4 is 45.5 Å². The molecular formula is C44H55BrN2O4Si. The number of nitrogens with zero attached hydrogens (tertiary/aromatic N) is 2. The second-order valence-electron chi connectivity index (χ2n) is 15.9. The highest BCUT2D eigenvalue weighted by Crippen LogP contribution is 2.43. The third-order valence-corrected chi connectivity index (χ3v) is 16.0. The van der Waals surface area contributed by atoms with Gasteiger partial charge in [0.15, 0.2) is 0 Å². The van der Waals surface area contributed by atoms with Crippen LogP contribution in [0.3, 0.4) is 0 Å². The predicted octanol–water partition coefficient (Wildman–Crippen LogP) is 9.51. The highest BCUT2D eigenvalue weighted by Gasteiger charge is 2.50. The van der Waals surface area contributed by atoms with Crippen LogP contribution in [0.25, 0.3) is 22.2 Å². The summed E-state index contributed by atoms with van der Waals surface area (Å²) in [5, 5.41) is 3.71. The molecule has 52 heavy (non-hydrogen) atoms. The zero-order valence-corrected chi connectivity index (χ0v) is 34.5. The van der Waals surface area contributed by atoms with E-state index < -0.39 is 8.32 Å². The Morgan fingerprint density at radius 2 is 1.56 bits per heavy atom. The van der Waals surface area contributed by atoms with E-state index >= 15 is 0 Å². The largest absolute Gasteiger partial charge is 0.407 e. The van der Waals surface area contributed by atoms with Gasteiger partial charge in [-0.1, -0.05) is 111 Å². The van der Waals surface area contributed by atoms with Gasteiger partial charge in [0, 0.05) is 60.6 Å². The van der Waals surface area contributed by atoms with Crippen molar-refractivity contribution in [3.63, 3.8) is 0 Å². The second-order valence-corrected chi connectivity index (χ2v) is 21.2. The Balaban J connectivity index is 1.45. The Labute approximate surface area is 320 Å². The molecule has 5 aromatic rings. The summed E-state index contributed by atoms with van der Waals surface area (Å²) < 4.78 is 29.1. The van der Waals surface area contributed by atoms with E-state index in [9.17, 15) is 0 Å². The lowest BCUT2D eigenvalue weighted by Gasteiger charge is -2.44. The number of ether oxygens (including phenoxy) is 3. The fourth-order valence-electron chi connectivity index (χ4n) is 7.92. The van der Waals surface area contributed by atoms with Crippen LogP contribution < -0.4 is 10.4 Å². The van der Waals surface area contributed by atoms with E-state index in [-0.39, 0.29) is 22.7 Å². The van der Waals surface area contributed by atoms with Gasteiger partial charge in [0.2, 0.25) is 0 Å². The maximum atomic E-state index is 7.56. The quantitative estimate of drug-likeness (QED) is 0.105. The lowest BCUT2D eigenvalue weighted by molar-refractivity contribution is -0.0336. The summed E-state index contributed by atoms with van der Waals surface area (Å²) in [6.45, 7) is 17.3. The molecule has 1 aliphatic rings. The van der Waals surface area contributed by atoms with E-state index in [0.717, 1.165) is 54.8 Å². The number of benzene rings is 3. The highest BCUT2D eigenvalue weighted by atomic mass is 79.9. The van der Waals surface area contributed by atoms with Crippen LogP contribution in [0.1, 0.15) is 71.7 Å². The maximum absolute atomic E-state index is 7.56. The second kappa shape index (κ2) is 16.5. The highest BCUT2D eigenvalue weighted by molar-refractivity contribution is 9.10. The molecule has 1 atom stereocenters. The molecule has 0 amide bonds. The van der Waals surface area contributed by atoms with Crippen LogP contribution in [0, 0.1) is 5.41 Å². The molecular weight excluding hydrogens is 728 g/mol. The van der Waals surface area contributed by atoms with Gasteiger partial charge in [0.05, 0.1) is 30.2 Å². The molecule has 1 saturated heterocycles. The average Bonchev–Trinajstić information content (AvgIpc) is 3.43. The molecule has 8 heteroatoms. The number of fused-ring (bicyclic) bond motifs is 1. The normalized spacial score (nSPS) is 15.3. The summed E-state index contributed by atoms with van der Waals surface area (Å²) in [4.78, 5) is 4.90. The third-order valence-electron chi connectivity index (χ3n) is 10.6. The minimum atomic E-state index is -2.74. The molecule has 6 rings (SSSR count). The molecule has 0 unspecified atom stereocenters. The van der Waals surface area contributed by atoms with Crippen molar-refractivity contribution < 1.29 is 18.6 Å². The fraction of sp³-hybridized carbons (Fsp3) is 0.432. The first-order chi connectivity index (χ1) is 24.9. The Morgan fingerprint density at radius 3 is 2.17 bits per heavy atom. The van der Waals surface area contributed by atoms with Crippen molar-refractivity contribution in [3.05, 3.63) is 113 Å². The van der Waals surface area contributed by atoms with E-state index in [1.807, 2.05) is 12.3 Å². The number of aromatic nitrogens is 2. The van der Waals surface area contributed by atoms with E-state index in [1.54, 1.807) is 7.11 Å². The molecule has 2 aromatic heterocycles. The van der Waals surface area contributed by atoms with E-state index in [4.69, 9.17) is 23.6 Å². The standard InChI is InChI=1S/C44H55BrN2O4Si/c1-32(48-7)41-37(19-14-24-46-41)42-39(38-29-33(45)20-21-40(38)47(42)25-28-50-34-22-26-49-27-23-34)30-44(5,6)31-51-52(43(2,3)4,35-15-10-8-11-16-35)36-17-12-9-13-18-36/h8-21,24,29,32,34H,22-23,25-28,30-31H2,1-7H3/t32-/m0/s1. The van der Waals surface area contributed by atoms with Crippen molar-refractivity contribution in [1.82, 2.24) is 9.55 Å². The fourth-order valence-corrected chi connectivity index (χ4v) is 13.0. The summed E-state index contributed by atoms with van der Waals surface area (Å²) >= 11 is 3.82. The minimum absolute atomic E-state index is 0.108. The van der Waals surface area contributed by atoms with Gasteiger partial charge in [-0.05, 0) is 82.9 Å². The van der Waals surface area contributed by atoms with Crippen molar-refractivity contribution in [3.8, 4) is 11.3 Å². The van der Waals surface area contributed by atoms with E-state index in [2.05, 4.69) is 147 Å². The molecule has 0 N–H and O–H groups in total. The topological polar surface area (TPSA) is 54.7 Å². The molecule has 0 aliphatic carbocycles. The molecule has 276 valence electrons. The third kappa shape index (κ3) is 8.18. The first kappa shape index (κ1) is 38.6. The van der Waals surface area contributed by atoms with Gasteiger partial charge >= 0.3 is 0 Å². The minimum Gasteiger partial charge on any atom is -0.407 e. The summed E-state index contributed by atoms with van der Waals surface area (Å²) in [7, 11) is -0.985. The van der Waals surface area contributed by atoms with E-state index in [0.29, 0.717) is 13.2 Å². The molecule has 3 heterocycles. The molecule has 6 nitrogen and oxygen atoms in total. The number of pyridine rings is 1. The van der Waals surface area contributed by atoms with Gasteiger partial charge in [-0.15, -0.1) is 0 Å². The van der Waals surface area contributed by atoms with Gasteiger partial charge in [0.25, 0.3) is 8.32 Å². The van der Waals surface area contributed by atoms with E-state index in [1.165, 1.54) is 32.5 Å². The van der Waals surface area contributed by atoms with Crippen LogP contribution in [-0.2, 0) is 31.6 Å². The molecule has 0 saturated carbocycles. The number of hydrogen-bond acceptors (Lipinski definition) is 5. The summed E-state index contributed by atoms with van der Waals surface area (Å²) in [6, 6.07) is 32.8. The van der Waals surface area contributed by atoms with Gasteiger partial charge < -0.3 is 23.2 Å². The zero-order valence-electron chi connectivity index (χ0n) is 32.0. The number of methoxy groups -OCH3 is 1. The van der Waals surface area contributed by atoms with Gasteiger partial charge in [-0.25, -0.2) is 0 Å². The Hall–Kier alpha value is -3.11. The summed E-state index contributed by atoms with van der Waals surface area (Å²) in [5.74, 6) is 0. The number of hydrogen-bond donors (Lipinski definition) is 0. The van der Waals surface area contributed by atoms with Crippen molar-refractivity contribution in [2.75, 3.05) is 33.5 Å². The van der Waals surface area contributed by atoms with Crippen LogP contribution in [0.15, 0.2) is 102 Å². The van der Waals surface area contributed by atoms with Crippen LogP contribution in [0.2, 0.25) is 5.04 Å². The first-order valence-corrected chi connectivity index (χ1v) is 21.4. The Bertz CT molecular complexity index is 1880. The van der Waals surface area contributed by atoms with Gasteiger partial charge in [-0.2, -0.15) is 0 Å². The summed E-state index contributed by atoms with van der Waals surface area (Å²) in [6.07, 6.45) is 4.61. The van der Waals surface area contributed by atoms with Gasteiger partial charge in [0.1, 0.15) is 0 Å². The molecule has 3 aromatic carbocycles. The smallest absolute Gasteiger partial charge is 0.261 e. The van der Waals surface area contributed by atoms with Crippen molar-refractivity contribution in [1.29, 1.82) is 0 Å². The van der Waals surface area contributed by atoms with Crippen LogP contribution in [-0.4, -0.2) is 57.5 Å². The van der Waals surface area contributed by atoms with Crippen molar-refractivity contribution in [2.45, 2.75) is 84.6 Å². The molecule has 0 spiro atoms. The number of halogens is 1. The van der Waals surface area contributed by atoms with Crippen LogP contribution >= 0.6 is 15.9 Å². The zero-order chi connectivity index (χ0) is 36.9. The Morgan fingerprint density at radius 1 is 0.904 bits per heavy atom. The monoisotopic (exact) mass is 782 g/mol. The molecule has 1 aliphatic heterocycles. The van der Waals surface area contributed by atoms with Crippen LogP contribution in [0.4, 0.5) is 0 Å². The first-order valence-electron chi connectivity index (χ1n) is 18.7. The Kier molecular flexibility index (Phi) is 12.2. The predicted molar refractivity (Wildman–Crippen MR) is 219 cm³/mol. The number of rotatable bonds is 14. The SMILES string of the molecule is CO[C@@H](C)c1ncccc1-c1c(CC(C)(C)CO[Si](c2ccccc2)(c2ccccc2)C(C)(C)C)c2cc(Br)ccc2n1CCOC1CCOCC1.